The largest absolute Gasteiger partial charge is 0.448 e. The van der Waals surface area contributed by atoms with Gasteiger partial charge in [-0.15, -0.1) is 0 Å². The van der Waals surface area contributed by atoms with Gasteiger partial charge in [0.1, 0.15) is 6.61 Å². The molecule has 1 fully saturated rings. The number of H-pyrrole nitrogens is 1. The molecule has 0 radical (unpaired) electrons. The Morgan fingerprint density at radius 1 is 1.50 bits per heavy atom. The fourth-order valence-corrected chi connectivity index (χ4v) is 3.63. The predicted octanol–water partition coefficient (Wildman–Crippen LogP) is 2.20. The second-order valence-corrected chi connectivity index (χ2v) is 6.75. The number of carbonyl (C=O) groups is 1. The molecule has 1 aromatic rings. The Kier molecular flexibility index (Phi) is 4.38. The Morgan fingerprint density at radius 3 is 3.00 bits per heavy atom. The lowest BCUT2D eigenvalue weighted by molar-refractivity contribution is 0.0554. The van der Waals surface area contributed by atoms with Crippen LogP contribution in [0.3, 0.4) is 0 Å². The van der Waals surface area contributed by atoms with Crippen molar-refractivity contribution < 1.29 is 9.53 Å². The van der Waals surface area contributed by atoms with Gasteiger partial charge in [0, 0.05) is 24.7 Å². The number of likely N-dealkylation sites (N-methyl/N-ethyl adjacent to an activating group) is 1. The highest BCUT2D eigenvalue weighted by molar-refractivity contribution is 5.69. The standard InChI is InChI=1S/C16H26N4O2/c1-11(2)15-14-13(17-10-18-14)6-8-20(15)16(21)22-9-12-5-4-7-19(12)3/h10-12,15H,4-9H2,1-3H3,(H,17,18). The summed E-state index contributed by atoms with van der Waals surface area (Å²) >= 11 is 0. The highest BCUT2D eigenvalue weighted by Gasteiger charge is 2.36. The van der Waals surface area contributed by atoms with E-state index in [1.165, 1.54) is 6.42 Å². The molecule has 2 atom stereocenters. The third-order valence-electron chi connectivity index (χ3n) is 4.91. The van der Waals surface area contributed by atoms with Crippen LogP contribution in [0.2, 0.25) is 0 Å². The second-order valence-electron chi connectivity index (χ2n) is 6.75. The summed E-state index contributed by atoms with van der Waals surface area (Å²) in [5.74, 6) is 0.309. The minimum atomic E-state index is -0.201. The Hall–Kier alpha value is -1.56. The zero-order valence-electron chi connectivity index (χ0n) is 13.7. The lowest BCUT2D eigenvalue weighted by Gasteiger charge is -2.36. The maximum Gasteiger partial charge on any atom is 0.410 e. The molecule has 1 aromatic heterocycles. The number of hydrogen-bond donors (Lipinski definition) is 1. The summed E-state index contributed by atoms with van der Waals surface area (Å²) in [6.07, 6.45) is 4.64. The molecular formula is C16H26N4O2. The Balaban J connectivity index is 1.66. The predicted molar refractivity (Wildman–Crippen MR) is 83.6 cm³/mol. The van der Waals surface area contributed by atoms with E-state index in [0.29, 0.717) is 25.1 Å². The topological polar surface area (TPSA) is 61.5 Å². The Labute approximate surface area is 131 Å². The molecule has 0 saturated carbocycles. The van der Waals surface area contributed by atoms with Crippen molar-refractivity contribution >= 4 is 6.09 Å². The molecule has 0 spiro atoms. The van der Waals surface area contributed by atoms with Gasteiger partial charge in [-0.3, -0.25) is 4.90 Å². The van der Waals surface area contributed by atoms with Gasteiger partial charge in [-0.1, -0.05) is 13.8 Å². The van der Waals surface area contributed by atoms with Gasteiger partial charge < -0.3 is 14.6 Å². The molecule has 3 heterocycles. The van der Waals surface area contributed by atoms with Crippen LogP contribution in [0.15, 0.2) is 6.33 Å². The number of aromatic nitrogens is 2. The SMILES string of the molecule is CC(C)C1c2nc[nH]c2CCN1C(=O)OCC1CCCN1C. The van der Waals surface area contributed by atoms with E-state index in [4.69, 9.17) is 4.74 Å². The molecule has 0 bridgehead atoms. The maximum atomic E-state index is 12.6. The van der Waals surface area contributed by atoms with Crippen LogP contribution >= 0.6 is 0 Å². The molecule has 0 aliphatic carbocycles. The number of imidazole rings is 1. The van der Waals surface area contributed by atoms with Crippen LogP contribution in [-0.2, 0) is 11.2 Å². The van der Waals surface area contributed by atoms with Crippen molar-refractivity contribution in [2.24, 2.45) is 5.92 Å². The first-order valence-corrected chi connectivity index (χ1v) is 8.23. The first-order chi connectivity index (χ1) is 10.6. The fourth-order valence-electron chi connectivity index (χ4n) is 3.63. The van der Waals surface area contributed by atoms with Crippen LogP contribution in [-0.4, -0.2) is 58.6 Å². The smallest absolute Gasteiger partial charge is 0.410 e. The first kappa shape index (κ1) is 15.3. The highest BCUT2D eigenvalue weighted by atomic mass is 16.6. The van der Waals surface area contributed by atoms with Gasteiger partial charge in [0.2, 0.25) is 0 Å². The van der Waals surface area contributed by atoms with Crippen molar-refractivity contribution in [3.8, 4) is 0 Å². The molecule has 6 nitrogen and oxygen atoms in total. The van der Waals surface area contributed by atoms with Gasteiger partial charge in [0.25, 0.3) is 0 Å². The van der Waals surface area contributed by atoms with Gasteiger partial charge in [-0.25, -0.2) is 9.78 Å². The van der Waals surface area contributed by atoms with Crippen molar-refractivity contribution in [1.29, 1.82) is 0 Å². The molecule has 3 rings (SSSR count). The van der Waals surface area contributed by atoms with Crippen molar-refractivity contribution in [3.05, 3.63) is 17.7 Å². The molecule has 1 N–H and O–H groups in total. The van der Waals surface area contributed by atoms with Crippen LogP contribution < -0.4 is 0 Å². The summed E-state index contributed by atoms with van der Waals surface area (Å²) < 4.78 is 5.62. The molecule has 6 heteroatoms. The third-order valence-corrected chi connectivity index (χ3v) is 4.91. The first-order valence-electron chi connectivity index (χ1n) is 8.23. The van der Waals surface area contributed by atoms with Gasteiger partial charge in [-0.2, -0.15) is 0 Å². The van der Waals surface area contributed by atoms with Crippen LogP contribution in [0.25, 0.3) is 0 Å². The number of carbonyl (C=O) groups excluding carboxylic acids is 1. The number of ether oxygens (including phenoxy) is 1. The van der Waals surface area contributed by atoms with Crippen LogP contribution in [0.5, 0.6) is 0 Å². The van der Waals surface area contributed by atoms with E-state index >= 15 is 0 Å². The summed E-state index contributed by atoms with van der Waals surface area (Å²) in [4.78, 5) is 24.3. The van der Waals surface area contributed by atoms with E-state index in [-0.39, 0.29) is 12.1 Å². The average Bonchev–Trinajstić information content (AvgIpc) is 3.11. The van der Waals surface area contributed by atoms with E-state index < -0.39 is 0 Å². The molecule has 2 unspecified atom stereocenters. The second kappa shape index (κ2) is 6.28. The normalized spacial score (nSPS) is 25.5. The van der Waals surface area contributed by atoms with E-state index in [2.05, 4.69) is 35.8 Å². The van der Waals surface area contributed by atoms with Gasteiger partial charge >= 0.3 is 6.09 Å². The quantitative estimate of drug-likeness (QED) is 0.930. The summed E-state index contributed by atoms with van der Waals surface area (Å²) in [5.41, 5.74) is 2.15. The summed E-state index contributed by atoms with van der Waals surface area (Å²) in [5, 5.41) is 0. The number of hydrogen-bond acceptors (Lipinski definition) is 4. The molecule has 22 heavy (non-hydrogen) atoms. The lowest BCUT2D eigenvalue weighted by Crippen LogP contribution is -2.43. The summed E-state index contributed by atoms with van der Waals surface area (Å²) in [7, 11) is 2.10. The summed E-state index contributed by atoms with van der Waals surface area (Å²) in [6, 6.07) is 0.371. The molecule has 2 aliphatic rings. The van der Waals surface area contributed by atoms with Crippen molar-refractivity contribution in [3.63, 3.8) is 0 Å². The number of aromatic amines is 1. The minimum Gasteiger partial charge on any atom is -0.448 e. The molecular weight excluding hydrogens is 280 g/mol. The third kappa shape index (κ3) is 2.84. The van der Waals surface area contributed by atoms with Crippen LogP contribution in [0, 0.1) is 5.92 Å². The average molecular weight is 306 g/mol. The van der Waals surface area contributed by atoms with E-state index in [9.17, 15) is 4.79 Å². The summed E-state index contributed by atoms with van der Waals surface area (Å²) in [6.45, 7) is 6.53. The number of likely N-dealkylation sites (tertiary alicyclic amines) is 1. The number of rotatable bonds is 3. The monoisotopic (exact) mass is 306 g/mol. The number of amides is 1. The Bertz CT molecular complexity index is 528. The Morgan fingerprint density at radius 2 is 2.32 bits per heavy atom. The van der Waals surface area contributed by atoms with Crippen molar-refractivity contribution in [2.45, 2.75) is 45.2 Å². The maximum absolute atomic E-state index is 12.6. The molecule has 0 aromatic carbocycles. The van der Waals surface area contributed by atoms with Crippen molar-refractivity contribution in [1.82, 2.24) is 19.8 Å². The number of nitrogens with zero attached hydrogens (tertiary/aromatic N) is 3. The van der Waals surface area contributed by atoms with E-state index in [0.717, 1.165) is 30.8 Å². The van der Waals surface area contributed by atoms with Gasteiger partial charge in [0.15, 0.2) is 0 Å². The zero-order valence-corrected chi connectivity index (χ0v) is 13.7. The molecule has 2 aliphatic heterocycles. The van der Waals surface area contributed by atoms with Gasteiger partial charge in [-0.05, 0) is 32.4 Å². The highest BCUT2D eigenvalue weighted by Crippen LogP contribution is 2.33. The molecule has 122 valence electrons. The van der Waals surface area contributed by atoms with Crippen LogP contribution in [0.4, 0.5) is 4.79 Å². The molecule has 1 saturated heterocycles. The van der Waals surface area contributed by atoms with Crippen LogP contribution in [0.1, 0.15) is 44.1 Å². The zero-order chi connectivity index (χ0) is 15.7. The molecule has 1 amide bonds. The van der Waals surface area contributed by atoms with E-state index in [1.54, 1.807) is 6.33 Å². The lowest BCUT2D eigenvalue weighted by atomic mass is 9.94. The number of nitrogens with one attached hydrogen (secondary N) is 1. The van der Waals surface area contributed by atoms with Crippen molar-refractivity contribution in [2.75, 3.05) is 26.7 Å². The fraction of sp³-hybridized carbons (Fsp3) is 0.750. The van der Waals surface area contributed by atoms with E-state index in [1.807, 2.05) is 4.90 Å². The van der Waals surface area contributed by atoms with Gasteiger partial charge in [0.05, 0.1) is 18.1 Å². The minimum absolute atomic E-state index is 0.00353. The number of fused-ring (bicyclic) bond motifs is 1.